The summed E-state index contributed by atoms with van der Waals surface area (Å²) in [4.78, 5) is 11.7. The van der Waals surface area contributed by atoms with Crippen LogP contribution in [0.2, 0.25) is 5.02 Å². The Morgan fingerprint density at radius 2 is 2.00 bits per heavy atom. The number of piperidine rings is 1. The molecule has 0 amide bonds. The van der Waals surface area contributed by atoms with Gasteiger partial charge in [-0.2, -0.15) is 5.10 Å². The first-order chi connectivity index (χ1) is 18.6. The molecule has 3 aromatic heterocycles. The van der Waals surface area contributed by atoms with E-state index in [9.17, 15) is 0 Å². The summed E-state index contributed by atoms with van der Waals surface area (Å²) in [5, 5.41) is 8.33. The van der Waals surface area contributed by atoms with Crippen molar-refractivity contribution in [2.45, 2.75) is 38.5 Å². The standard InChI is InChI=1S/C29H30ClN7O/c30-25-16-23(8-9-27(25)38-18-24-7-6-20-4-2-1-3-5-26(20)34-24)35-29-28-21(10-15-37(28)33-19-32-29)17-36-13-11-22(31)12-14-36/h1-4,6-10,15-16,19,22H,5,11-14,17-18,31H2,(H,32,33,35). The zero-order valence-electron chi connectivity index (χ0n) is 21.1. The number of anilines is 2. The van der Waals surface area contributed by atoms with Crippen molar-refractivity contribution in [2.24, 2.45) is 5.73 Å². The summed E-state index contributed by atoms with van der Waals surface area (Å²) in [6, 6.07) is 12.1. The third-order valence-electron chi connectivity index (χ3n) is 7.03. The van der Waals surface area contributed by atoms with Gasteiger partial charge in [0.2, 0.25) is 0 Å². The van der Waals surface area contributed by atoms with Gasteiger partial charge in [0, 0.05) is 30.9 Å². The van der Waals surface area contributed by atoms with Gasteiger partial charge in [-0.25, -0.2) is 9.50 Å². The molecule has 1 fully saturated rings. The smallest absolute Gasteiger partial charge is 0.158 e. The van der Waals surface area contributed by atoms with Gasteiger partial charge in [0.1, 0.15) is 24.2 Å². The van der Waals surface area contributed by atoms with E-state index in [0.29, 0.717) is 23.4 Å². The second kappa shape index (κ2) is 10.9. The molecule has 9 heteroatoms. The van der Waals surface area contributed by atoms with Crippen LogP contribution in [0.4, 0.5) is 11.5 Å². The van der Waals surface area contributed by atoms with Crippen molar-refractivity contribution >= 4 is 34.7 Å². The number of rotatable bonds is 7. The van der Waals surface area contributed by atoms with Crippen LogP contribution in [-0.2, 0) is 19.6 Å². The van der Waals surface area contributed by atoms with Crippen molar-refractivity contribution in [3.8, 4) is 5.75 Å². The molecule has 0 atom stereocenters. The largest absolute Gasteiger partial charge is 0.486 e. The lowest BCUT2D eigenvalue weighted by Gasteiger charge is -2.29. The Labute approximate surface area is 226 Å². The van der Waals surface area contributed by atoms with Gasteiger partial charge in [-0.1, -0.05) is 42.0 Å². The van der Waals surface area contributed by atoms with E-state index < -0.39 is 0 Å². The number of nitrogens with zero attached hydrogens (tertiary/aromatic N) is 5. The number of ether oxygens (including phenoxy) is 1. The normalized spacial score (nSPS) is 15.9. The van der Waals surface area contributed by atoms with Gasteiger partial charge in [0.05, 0.1) is 16.4 Å². The zero-order chi connectivity index (χ0) is 25.9. The van der Waals surface area contributed by atoms with E-state index >= 15 is 0 Å². The maximum Gasteiger partial charge on any atom is 0.158 e. The Morgan fingerprint density at radius 3 is 2.87 bits per heavy atom. The van der Waals surface area contributed by atoms with Crippen molar-refractivity contribution in [3.05, 3.63) is 94.7 Å². The molecule has 0 bridgehead atoms. The average Bonchev–Trinajstić information content (AvgIpc) is 3.18. The van der Waals surface area contributed by atoms with Crippen LogP contribution in [0.5, 0.6) is 5.75 Å². The average molecular weight is 528 g/mol. The Hall–Kier alpha value is -3.72. The second-order valence-corrected chi connectivity index (χ2v) is 10.2. The van der Waals surface area contributed by atoms with Gasteiger partial charge in [-0.05, 0) is 67.4 Å². The van der Waals surface area contributed by atoms with Crippen molar-refractivity contribution in [3.63, 3.8) is 0 Å². The maximum absolute atomic E-state index is 6.61. The molecule has 1 aromatic carbocycles. The van der Waals surface area contributed by atoms with Crippen LogP contribution < -0.4 is 15.8 Å². The molecule has 6 rings (SSSR count). The summed E-state index contributed by atoms with van der Waals surface area (Å²) in [5.41, 5.74) is 12.1. The highest BCUT2D eigenvalue weighted by atomic mass is 35.5. The van der Waals surface area contributed by atoms with Gasteiger partial charge in [0.25, 0.3) is 0 Å². The van der Waals surface area contributed by atoms with Gasteiger partial charge < -0.3 is 15.8 Å². The number of likely N-dealkylation sites (tertiary alicyclic amines) is 1. The topological polar surface area (TPSA) is 93.6 Å². The molecule has 4 aromatic rings. The van der Waals surface area contributed by atoms with E-state index in [1.165, 1.54) is 5.56 Å². The summed E-state index contributed by atoms with van der Waals surface area (Å²) in [5.74, 6) is 1.34. The fourth-order valence-corrected chi connectivity index (χ4v) is 5.18. The number of nitrogens with one attached hydrogen (secondary N) is 1. The first kappa shape index (κ1) is 24.6. The quantitative estimate of drug-likeness (QED) is 0.343. The lowest BCUT2D eigenvalue weighted by atomic mass is 10.1. The van der Waals surface area contributed by atoms with Gasteiger partial charge in [0.15, 0.2) is 5.82 Å². The summed E-state index contributed by atoms with van der Waals surface area (Å²) in [6.07, 6.45) is 14.6. The molecule has 0 unspecified atom stereocenters. The van der Waals surface area contributed by atoms with Crippen molar-refractivity contribution in [1.82, 2.24) is 24.5 Å². The predicted molar refractivity (Wildman–Crippen MR) is 151 cm³/mol. The summed E-state index contributed by atoms with van der Waals surface area (Å²) in [7, 11) is 0. The van der Waals surface area contributed by atoms with Crippen LogP contribution in [0.15, 0.2) is 67.2 Å². The maximum atomic E-state index is 6.61. The predicted octanol–water partition coefficient (Wildman–Crippen LogP) is 5.15. The molecule has 0 radical (unpaired) electrons. The van der Waals surface area contributed by atoms with Gasteiger partial charge in [-0.3, -0.25) is 9.88 Å². The van der Waals surface area contributed by atoms with Crippen molar-refractivity contribution < 1.29 is 4.74 Å². The second-order valence-electron chi connectivity index (χ2n) is 9.75. The van der Waals surface area contributed by atoms with Crippen LogP contribution in [0, 0.1) is 0 Å². The number of allylic oxidation sites excluding steroid dienone is 3. The first-order valence-corrected chi connectivity index (χ1v) is 13.3. The third kappa shape index (κ3) is 5.43. The number of pyridine rings is 1. The molecule has 0 saturated carbocycles. The molecule has 4 heterocycles. The summed E-state index contributed by atoms with van der Waals surface area (Å²) in [6.45, 7) is 3.18. The van der Waals surface area contributed by atoms with Crippen molar-refractivity contribution in [2.75, 3.05) is 18.4 Å². The van der Waals surface area contributed by atoms with E-state index in [2.05, 4.69) is 44.6 Å². The lowest BCUT2D eigenvalue weighted by molar-refractivity contribution is 0.206. The Morgan fingerprint density at radius 1 is 1.11 bits per heavy atom. The Kier molecular flexibility index (Phi) is 7.09. The molecule has 1 aliphatic heterocycles. The van der Waals surface area contributed by atoms with Crippen molar-refractivity contribution in [1.29, 1.82) is 0 Å². The molecular formula is C29H30ClN7O. The molecule has 1 aliphatic carbocycles. The van der Waals surface area contributed by atoms with E-state index in [0.717, 1.165) is 72.9 Å². The summed E-state index contributed by atoms with van der Waals surface area (Å²) < 4.78 is 7.88. The molecule has 2 aliphatic rings. The lowest BCUT2D eigenvalue weighted by Crippen LogP contribution is -2.39. The van der Waals surface area contributed by atoms with Crippen LogP contribution in [-0.4, -0.2) is 43.6 Å². The van der Waals surface area contributed by atoms with Crippen LogP contribution in [0.1, 0.15) is 35.4 Å². The number of benzene rings is 1. The molecule has 1 saturated heterocycles. The highest BCUT2D eigenvalue weighted by molar-refractivity contribution is 6.32. The van der Waals surface area contributed by atoms with Crippen LogP contribution in [0.25, 0.3) is 11.6 Å². The van der Waals surface area contributed by atoms with E-state index in [1.54, 1.807) is 6.33 Å². The molecule has 38 heavy (non-hydrogen) atoms. The zero-order valence-corrected chi connectivity index (χ0v) is 21.8. The molecule has 0 spiro atoms. The minimum Gasteiger partial charge on any atom is -0.486 e. The highest BCUT2D eigenvalue weighted by Crippen LogP contribution is 2.31. The number of aromatic nitrogens is 4. The van der Waals surface area contributed by atoms with Gasteiger partial charge >= 0.3 is 0 Å². The van der Waals surface area contributed by atoms with Crippen LogP contribution in [0.3, 0.4) is 0 Å². The molecule has 194 valence electrons. The van der Waals surface area contributed by atoms with E-state index in [4.69, 9.17) is 27.1 Å². The summed E-state index contributed by atoms with van der Waals surface area (Å²) >= 11 is 6.61. The monoisotopic (exact) mass is 527 g/mol. The molecule has 8 nitrogen and oxygen atoms in total. The van der Waals surface area contributed by atoms with Gasteiger partial charge in [-0.15, -0.1) is 0 Å². The highest BCUT2D eigenvalue weighted by Gasteiger charge is 2.19. The fraction of sp³-hybridized carbons (Fsp3) is 0.276. The number of nitrogens with two attached hydrogens (primary N) is 1. The number of fused-ring (bicyclic) bond motifs is 2. The Balaban J connectivity index is 1.15. The minimum absolute atomic E-state index is 0.308. The molecular weight excluding hydrogens is 498 g/mol. The van der Waals surface area contributed by atoms with E-state index in [1.807, 2.05) is 47.1 Å². The number of halogens is 1. The Bertz CT molecular complexity index is 1500. The number of hydrogen-bond donors (Lipinski definition) is 2. The molecule has 3 N–H and O–H groups in total. The SMILES string of the molecule is NC1CCN(Cc2ccn3ncnc(Nc4ccc(OCc5ccc6c(n5)CC=CC=C6)c(Cl)c4)c23)CC1. The fourth-order valence-electron chi connectivity index (χ4n) is 4.94. The van der Waals surface area contributed by atoms with Crippen LogP contribution >= 0.6 is 11.6 Å². The minimum atomic E-state index is 0.308. The number of hydrogen-bond acceptors (Lipinski definition) is 7. The first-order valence-electron chi connectivity index (χ1n) is 12.9. The van der Waals surface area contributed by atoms with E-state index in [-0.39, 0.29) is 0 Å². The third-order valence-corrected chi connectivity index (χ3v) is 7.33.